The van der Waals surface area contributed by atoms with Crippen molar-refractivity contribution in [2.75, 3.05) is 43.9 Å². The molecule has 1 saturated heterocycles. The van der Waals surface area contributed by atoms with Gasteiger partial charge in [0.25, 0.3) is 0 Å². The molecule has 90 valence electrons. The zero-order chi connectivity index (χ0) is 10.9. The van der Waals surface area contributed by atoms with Crippen LogP contribution in [0.5, 0.6) is 0 Å². The quantitative estimate of drug-likeness (QED) is 0.569. The Hall–Kier alpha value is 0.610. The van der Waals surface area contributed by atoms with Crippen LogP contribution in [0.2, 0.25) is 0 Å². The predicted octanol–water partition coefficient (Wildman–Crippen LogP) is 1.53. The number of aliphatic hydroxyl groups is 1. The highest BCUT2D eigenvalue weighted by Crippen LogP contribution is 2.14. The standard InChI is InChI=1S/C11H22INO2/c12-10-11(3-7-14)2-1-4-13-5-8-15-9-6-13/h11,14H,1-10H2/t11-/m0/s1. The molecular weight excluding hydrogens is 305 g/mol. The molecule has 1 atom stereocenters. The summed E-state index contributed by atoms with van der Waals surface area (Å²) in [4.78, 5) is 2.48. The normalized spacial score (nSPS) is 20.4. The van der Waals surface area contributed by atoms with Gasteiger partial charge in [-0.15, -0.1) is 0 Å². The van der Waals surface area contributed by atoms with Gasteiger partial charge in [0.05, 0.1) is 13.2 Å². The van der Waals surface area contributed by atoms with Crippen LogP contribution in [-0.2, 0) is 4.74 Å². The fraction of sp³-hybridized carbons (Fsp3) is 1.00. The molecule has 0 bridgehead atoms. The average Bonchev–Trinajstić information content (AvgIpc) is 2.29. The molecule has 0 spiro atoms. The van der Waals surface area contributed by atoms with E-state index in [2.05, 4.69) is 27.5 Å². The van der Waals surface area contributed by atoms with E-state index in [0.717, 1.165) is 32.7 Å². The second-order valence-electron chi connectivity index (χ2n) is 4.13. The summed E-state index contributed by atoms with van der Waals surface area (Å²) in [7, 11) is 0. The summed E-state index contributed by atoms with van der Waals surface area (Å²) < 4.78 is 6.48. The summed E-state index contributed by atoms with van der Waals surface area (Å²) in [6, 6.07) is 0. The number of nitrogens with zero attached hydrogens (tertiary/aromatic N) is 1. The highest BCUT2D eigenvalue weighted by Gasteiger charge is 2.11. The number of alkyl halides is 1. The van der Waals surface area contributed by atoms with E-state index in [4.69, 9.17) is 9.84 Å². The predicted molar refractivity (Wildman–Crippen MR) is 70.6 cm³/mol. The molecule has 1 aliphatic heterocycles. The van der Waals surface area contributed by atoms with Crippen molar-refractivity contribution in [1.29, 1.82) is 0 Å². The second kappa shape index (κ2) is 8.73. The van der Waals surface area contributed by atoms with Crippen LogP contribution < -0.4 is 0 Å². The van der Waals surface area contributed by atoms with Crippen LogP contribution in [0.15, 0.2) is 0 Å². The first kappa shape index (κ1) is 13.7. The Kier molecular flexibility index (Phi) is 7.96. The fourth-order valence-corrected chi connectivity index (χ4v) is 2.79. The summed E-state index contributed by atoms with van der Waals surface area (Å²) in [6.45, 7) is 5.51. The summed E-state index contributed by atoms with van der Waals surface area (Å²) in [6.07, 6.45) is 3.47. The van der Waals surface area contributed by atoms with Gasteiger partial charge in [0.15, 0.2) is 0 Å². The van der Waals surface area contributed by atoms with Crippen molar-refractivity contribution in [3.63, 3.8) is 0 Å². The van der Waals surface area contributed by atoms with Gasteiger partial charge < -0.3 is 9.84 Å². The van der Waals surface area contributed by atoms with Gasteiger partial charge >= 0.3 is 0 Å². The average molecular weight is 327 g/mol. The first-order chi connectivity index (χ1) is 7.36. The number of aliphatic hydroxyl groups excluding tert-OH is 1. The first-order valence-electron chi connectivity index (χ1n) is 5.83. The maximum atomic E-state index is 8.89. The Labute approximate surface area is 106 Å². The van der Waals surface area contributed by atoms with Gasteiger partial charge in [0, 0.05) is 24.1 Å². The van der Waals surface area contributed by atoms with Crippen molar-refractivity contribution >= 4 is 22.6 Å². The molecule has 1 fully saturated rings. The molecule has 0 radical (unpaired) electrons. The lowest BCUT2D eigenvalue weighted by Crippen LogP contribution is -2.36. The summed E-state index contributed by atoms with van der Waals surface area (Å²) in [5, 5.41) is 8.89. The zero-order valence-corrected chi connectivity index (χ0v) is 11.5. The van der Waals surface area contributed by atoms with Gasteiger partial charge in [-0.25, -0.2) is 0 Å². The summed E-state index contributed by atoms with van der Waals surface area (Å²) >= 11 is 2.42. The number of rotatable bonds is 7. The Balaban J connectivity index is 2.03. The zero-order valence-electron chi connectivity index (χ0n) is 9.33. The minimum absolute atomic E-state index is 0.339. The molecule has 0 aromatic rings. The van der Waals surface area contributed by atoms with E-state index < -0.39 is 0 Å². The van der Waals surface area contributed by atoms with Crippen LogP contribution in [0.1, 0.15) is 19.3 Å². The summed E-state index contributed by atoms with van der Waals surface area (Å²) in [5.74, 6) is 0.705. The third-order valence-electron chi connectivity index (χ3n) is 2.95. The molecule has 1 rings (SSSR count). The molecule has 1 heterocycles. The largest absolute Gasteiger partial charge is 0.396 e. The van der Waals surface area contributed by atoms with Crippen molar-refractivity contribution in [2.24, 2.45) is 5.92 Å². The molecule has 0 saturated carbocycles. The monoisotopic (exact) mass is 327 g/mol. The number of hydrogen-bond acceptors (Lipinski definition) is 3. The van der Waals surface area contributed by atoms with Gasteiger partial charge in [0.2, 0.25) is 0 Å². The number of halogens is 1. The lowest BCUT2D eigenvalue weighted by molar-refractivity contribution is 0.0367. The van der Waals surface area contributed by atoms with Crippen molar-refractivity contribution in [1.82, 2.24) is 4.90 Å². The molecule has 0 aromatic carbocycles. The number of ether oxygens (including phenoxy) is 1. The fourth-order valence-electron chi connectivity index (χ4n) is 1.91. The van der Waals surface area contributed by atoms with Gasteiger partial charge in [-0.05, 0) is 31.7 Å². The molecule has 0 unspecified atom stereocenters. The van der Waals surface area contributed by atoms with E-state index in [1.807, 2.05) is 0 Å². The van der Waals surface area contributed by atoms with Crippen LogP contribution in [0.25, 0.3) is 0 Å². The Morgan fingerprint density at radius 2 is 2.00 bits per heavy atom. The smallest absolute Gasteiger partial charge is 0.0594 e. The van der Waals surface area contributed by atoms with E-state index in [9.17, 15) is 0 Å². The lowest BCUT2D eigenvalue weighted by atomic mass is 10.0. The highest BCUT2D eigenvalue weighted by atomic mass is 127. The van der Waals surface area contributed by atoms with Crippen LogP contribution in [0, 0.1) is 5.92 Å². The van der Waals surface area contributed by atoms with E-state index in [0.29, 0.717) is 12.5 Å². The number of hydrogen-bond donors (Lipinski definition) is 1. The van der Waals surface area contributed by atoms with Gasteiger partial charge in [-0.2, -0.15) is 0 Å². The molecule has 0 aliphatic carbocycles. The molecule has 15 heavy (non-hydrogen) atoms. The maximum Gasteiger partial charge on any atom is 0.0594 e. The van der Waals surface area contributed by atoms with Crippen LogP contribution in [0.3, 0.4) is 0 Å². The van der Waals surface area contributed by atoms with Crippen LogP contribution >= 0.6 is 22.6 Å². The van der Waals surface area contributed by atoms with E-state index >= 15 is 0 Å². The van der Waals surface area contributed by atoms with Crippen molar-refractivity contribution in [2.45, 2.75) is 19.3 Å². The van der Waals surface area contributed by atoms with E-state index in [1.165, 1.54) is 23.8 Å². The Bertz CT molecular complexity index is 147. The number of morpholine rings is 1. The Morgan fingerprint density at radius 3 is 2.60 bits per heavy atom. The van der Waals surface area contributed by atoms with Gasteiger partial charge in [-0.1, -0.05) is 22.6 Å². The van der Waals surface area contributed by atoms with E-state index in [1.54, 1.807) is 0 Å². The molecule has 1 N–H and O–H groups in total. The molecule has 0 amide bonds. The minimum atomic E-state index is 0.339. The highest BCUT2D eigenvalue weighted by molar-refractivity contribution is 14.1. The summed E-state index contributed by atoms with van der Waals surface area (Å²) in [5.41, 5.74) is 0. The van der Waals surface area contributed by atoms with Crippen molar-refractivity contribution in [3.05, 3.63) is 0 Å². The second-order valence-corrected chi connectivity index (χ2v) is 5.01. The minimum Gasteiger partial charge on any atom is -0.396 e. The SMILES string of the molecule is OCC[C@@H](CI)CCCN1CCOCC1. The lowest BCUT2D eigenvalue weighted by Gasteiger charge is -2.27. The third kappa shape index (κ3) is 6.04. The first-order valence-corrected chi connectivity index (χ1v) is 7.36. The molecule has 4 heteroatoms. The van der Waals surface area contributed by atoms with Crippen LogP contribution in [-0.4, -0.2) is 53.9 Å². The molecule has 3 nitrogen and oxygen atoms in total. The van der Waals surface area contributed by atoms with Gasteiger partial charge in [0.1, 0.15) is 0 Å². The topological polar surface area (TPSA) is 32.7 Å². The van der Waals surface area contributed by atoms with E-state index in [-0.39, 0.29) is 0 Å². The molecular formula is C11H22INO2. The Morgan fingerprint density at radius 1 is 1.27 bits per heavy atom. The molecule has 1 aliphatic rings. The third-order valence-corrected chi connectivity index (χ3v) is 4.19. The van der Waals surface area contributed by atoms with Crippen molar-refractivity contribution in [3.8, 4) is 0 Å². The maximum absolute atomic E-state index is 8.89. The van der Waals surface area contributed by atoms with Crippen molar-refractivity contribution < 1.29 is 9.84 Å². The van der Waals surface area contributed by atoms with Gasteiger partial charge in [-0.3, -0.25) is 4.90 Å². The van der Waals surface area contributed by atoms with Crippen LogP contribution in [0.4, 0.5) is 0 Å². The molecule has 0 aromatic heterocycles.